The molecule has 0 fully saturated rings. The van der Waals surface area contributed by atoms with Gasteiger partial charge in [0.2, 0.25) is 0 Å². The molecule has 2 aromatic carbocycles. The third-order valence-electron chi connectivity index (χ3n) is 3.67. The van der Waals surface area contributed by atoms with E-state index in [9.17, 15) is 0 Å². The van der Waals surface area contributed by atoms with Crippen molar-refractivity contribution in [3.63, 3.8) is 0 Å². The molecule has 0 saturated carbocycles. The first kappa shape index (κ1) is 16.6. The minimum absolute atomic E-state index is 0. The number of nitrogens with one attached hydrogen (secondary N) is 1. The van der Waals surface area contributed by atoms with E-state index in [2.05, 4.69) is 15.3 Å². The second kappa shape index (κ2) is 6.67. The monoisotopic (exact) mass is 359 g/mol. The lowest BCUT2D eigenvalue weighted by Gasteiger charge is -2.07. The summed E-state index contributed by atoms with van der Waals surface area (Å²) in [6.07, 6.45) is 0.750. The second-order valence-corrected chi connectivity index (χ2v) is 5.69. The molecule has 2 heterocycles. The summed E-state index contributed by atoms with van der Waals surface area (Å²) in [6, 6.07) is 15.4. The van der Waals surface area contributed by atoms with Gasteiger partial charge in [-0.3, -0.25) is 0 Å². The molecule has 0 bridgehead atoms. The maximum atomic E-state index is 6.06. The first-order chi connectivity index (χ1) is 11.2. The predicted molar refractivity (Wildman–Crippen MR) is 101 cm³/mol. The SMILES string of the molecule is CCc1nc(Nc2cccc(Cl)c2)c2oc3ccccc3c2n1.Cl. The molecule has 122 valence electrons. The number of fused-ring (bicyclic) bond motifs is 3. The van der Waals surface area contributed by atoms with Crippen LogP contribution in [0.3, 0.4) is 0 Å². The van der Waals surface area contributed by atoms with Crippen LogP contribution in [0.5, 0.6) is 0 Å². The number of benzene rings is 2. The van der Waals surface area contributed by atoms with Gasteiger partial charge in [0.25, 0.3) is 0 Å². The van der Waals surface area contributed by atoms with Gasteiger partial charge < -0.3 is 9.73 Å². The van der Waals surface area contributed by atoms with Crippen LogP contribution in [0.2, 0.25) is 5.02 Å². The molecule has 0 radical (unpaired) electrons. The summed E-state index contributed by atoms with van der Waals surface area (Å²) in [5.41, 5.74) is 3.15. The van der Waals surface area contributed by atoms with E-state index in [4.69, 9.17) is 16.0 Å². The van der Waals surface area contributed by atoms with Crippen molar-refractivity contribution < 1.29 is 4.42 Å². The average molecular weight is 360 g/mol. The zero-order chi connectivity index (χ0) is 15.8. The van der Waals surface area contributed by atoms with Gasteiger partial charge in [0.15, 0.2) is 11.4 Å². The number of aromatic nitrogens is 2. The lowest BCUT2D eigenvalue weighted by atomic mass is 10.2. The van der Waals surface area contributed by atoms with Crippen LogP contribution in [-0.2, 0) is 6.42 Å². The summed E-state index contributed by atoms with van der Waals surface area (Å²) in [5.74, 6) is 1.43. The molecule has 0 amide bonds. The van der Waals surface area contributed by atoms with Crippen LogP contribution in [0, 0.1) is 0 Å². The van der Waals surface area contributed by atoms with E-state index in [1.54, 1.807) is 0 Å². The highest BCUT2D eigenvalue weighted by atomic mass is 35.5. The third-order valence-corrected chi connectivity index (χ3v) is 3.90. The lowest BCUT2D eigenvalue weighted by molar-refractivity contribution is 0.666. The summed E-state index contributed by atoms with van der Waals surface area (Å²) in [5, 5.41) is 4.96. The maximum Gasteiger partial charge on any atom is 0.196 e. The molecule has 2 aromatic heterocycles. The van der Waals surface area contributed by atoms with Crippen molar-refractivity contribution in [2.75, 3.05) is 5.32 Å². The van der Waals surface area contributed by atoms with E-state index in [-0.39, 0.29) is 12.4 Å². The van der Waals surface area contributed by atoms with Gasteiger partial charge in [0.05, 0.1) is 0 Å². The molecular formula is C18H15Cl2N3O. The Morgan fingerprint density at radius 2 is 1.92 bits per heavy atom. The largest absolute Gasteiger partial charge is 0.450 e. The Morgan fingerprint density at radius 1 is 1.08 bits per heavy atom. The fourth-order valence-corrected chi connectivity index (χ4v) is 2.77. The van der Waals surface area contributed by atoms with E-state index < -0.39 is 0 Å². The van der Waals surface area contributed by atoms with E-state index >= 15 is 0 Å². The summed E-state index contributed by atoms with van der Waals surface area (Å²) in [4.78, 5) is 9.21. The maximum absolute atomic E-state index is 6.06. The summed E-state index contributed by atoms with van der Waals surface area (Å²) in [7, 11) is 0. The first-order valence-corrected chi connectivity index (χ1v) is 7.83. The van der Waals surface area contributed by atoms with Gasteiger partial charge >= 0.3 is 0 Å². The number of para-hydroxylation sites is 1. The normalized spacial score (nSPS) is 10.8. The number of furan rings is 1. The van der Waals surface area contributed by atoms with Crippen LogP contribution >= 0.6 is 24.0 Å². The van der Waals surface area contributed by atoms with Gasteiger partial charge in [0.1, 0.15) is 16.9 Å². The van der Waals surface area contributed by atoms with Gasteiger partial charge in [-0.25, -0.2) is 9.97 Å². The van der Waals surface area contributed by atoms with Gasteiger partial charge in [-0.05, 0) is 30.3 Å². The van der Waals surface area contributed by atoms with Crippen LogP contribution in [0.25, 0.3) is 22.1 Å². The molecule has 0 aliphatic rings. The first-order valence-electron chi connectivity index (χ1n) is 7.45. The summed E-state index contributed by atoms with van der Waals surface area (Å²) >= 11 is 6.06. The zero-order valence-electron chi connectivity index (χ0n) is 12.9. The van der Waals surface area contributed by atoms with E-state index in [0.717, 1.165) is 34.4 Å². The van der Waals surface area contributed by atoms with Gasteiger partial charge in [0, 0.05) is 22.5 Å². The fraction of sp³-hybridized carbons (Fsp3) is 0.111. The fourth-order valence-electron chi connectivity index (χ4n) is 2.58. The minimum Gasteiger partial charge on any atom is -0.450 e. The molecule has 24 heavy (non-hydrogen) atoms. The zero-order valence-corrected chi connectivity index (χ0v) is 14.5. The number of halogens is 2. The van der Waals surface area contributed by atoms with E-state index in [0.29, 0.717) is 16.4 Å². The molecule has 0 atom stereocenters. The molecular weight excluding hydrogens is 345 g/mol. The molecule has 0 aliphatic heterocycles. The molecule has 6 heteroatoms. The van der Waals surface area contributed by atoms with Crippen molar-refractivity contribution in [3.8, 4) is 0 Å². The van der Waals surface area contributed by atoms with Crippen LogP contribution < -0.4 is 5.32 Å². The highest BCUT2D eigenvalue weighted by molar-refractivity contribution is 6.30. The summed E-state index contributed by atoms with van der Waals surface area (Å²) in [6.45, 7) is 2.03. The van der Waals surface area contributed by atoms with Crippen molar-refractivity contribution in [2.24, 2.45) is 0 Å². The minimum atomic E-state index is 0. The Balaban J connectivity index is 0.00000169. The number of aryl methyl sites for hydroxylation is 1. The van der Waals surface area contributed by atoms with Crippen molar-refractivity contribution in [1.82, 2.24) is 9.97 Å². The molecule has 4 rings (SSSR count). The Kier molecular flexibility index (Phi) is 4.60. The van der Waals surface area contributed by atoms with Gasteiger partial charge in [-0.2, -0.15) is 0 Å². The van der Waals surface area contributed by atoms with Crippen molar-refractivity contribution in [1.29, 1.82) is 0 Å². The lowest BCUT2D eigenvalue weighted by Crippen LogP contribution is -2.00. The number of nitrogens with zero attached hydrogens (tertiary/aromatic N) is 2. The molecule has 0 aliphatic carbocycles. The molecule has 0 saturated heterocycles. The highest BCUT2D eigenvalue weighted by Crippen LogP contribution is 2.32. The predicted octanol–water partition coefficient (Wildman–Crippen LogP) is 5.76. The Labute approximate surface area is 150 Å². The third kappa shape index (κ3) is 2.90. The quantitative estimate of drug-likeness (QED) is 0.505. The van der Waals surface area contributed by atoms with E-state index in [1.165, 1.54) is 0 Å². The highest BCUT2D eigenvalue weighted by Gasteiger charge is 2.15. The number of rotatable bonds is 3. The number of hydrogen-bond acceptors (Lipinski definition) is 4. The van der Waals surface area contributed by atoms with Crippen LogP contribution in [0.15, 0.2) is 52.9 Å². The van der Waals surface area contributed by atoms with Crippen LogP contribution in [0.1, 0.15) is 12.7 Å². The molecule has 4 nitrogen and oxygen atoms in total. The van der Waals surface area contributed by atoms with Crippen molar-refractivity contribution >= 4 is 57.6 Å². The molecule has 0 unspecified atom stereocenters. The Morgan fingerprint density at radius 3 is 2.71 bits per heavy atom. The van der Waals surface area contributed by atoms with Gasteiger partial charge in [-0.1, -0.05) is 36.7 Å². The molecule has 4 aromatic rings. The van der Waals surface area contributed by atoms with Gasteiger partial charge in [-0.15, -0.1) is 12.4 Å². The van der Waals surface area contributed by atoms with Crippen LogP contribution in [-0.4, -0.2) is 9.97 Å². The molecule has 1 N–H and O–H groups in total. The standard InChI is InChI=1S/C18H14ClN3O.ClH/c1-2-15-21-16-13-8-3-4-9-14(13)23-17(16)18(22-15)20-12-7-5-6-11(19)10-12;/h3-10H,2H2,1H3,(H,20,21,22);1H. The Bertz CT molecular complexity index is 1010. The van der Waals surface area contributed by atoms with Crippen molar-refractivity contribution in [3.05, 3.63) is 59.4 Å². The average Bonchev–Trinajstić information content (AvgIpc) is 2.94. The summed E-state index contributed by atoms with van der Waals surface area (Å²) < 4.78 is 5.97. The van der Waals surface area contributed by atoms with Crippen molar-refractivity contribution in [2.45, 2.75) is 13.3 Å². The topological polar surface area (TPSA) is 51.0 Å². The smallest absolute Gasteiger partial charge is 0.196 e. The second-order valence-electron chi connectivity index (χ2n) is 5.25. The number of hydrogen-bond donors (Lipinski definition) is 1. The van der Waals surface area contributed by atoms with Crippen LogP contribution in [0.4, 0.5) is 11.5 Å². The molecule has 0 spiro atoms. The van der Waals surface area contributed by atoms with E-state index in [1.807, 2.05) is 55.5 Å². The number of anilines is 2. The Hall–Kier alpha value is -2.30.